The Morgan fingerprint density at radius 3 is 2.48 bits per heavy atom. The van der Waals surface area contributed by atoms with Gasteiger partial charge in [0.2, 0.25) is 0 Å². The van der Waals surface area contributed by atoms with Gasteiger partial charge in [0.1, 0.15) is 5.82 Å². The lowest BCUT2D eigenvalue weighted by Gasteiger charge is -2.22. The molecule has 0 spiro atoms. The number of nitriles is 1. The van der Waals surface area contributed by atoms with Crippen molar-refractivity contribution in [3.05, 3.63) is 63.4 Å². The molecule has 0 unspecified atom stereocenters. The molecule has 140 valence electrons. The van der Waals surface area contributed by atoms with Crippen LogP contribution in [0.4, 0.5) is 10.1 Å². The molecule has 0 aliphatic heterocycles. The number of hydrogen-bond donors (Lipinski definition) is 0. The highest BCUT2D eigenvalue weighted by molar-refractivity contribution is 9.10. The molecule has 2 rings (SSSR count). The molecule has 0 saturated heterocycles. The molecule has 0 atom stereocenters. The van der Waals surface area contributed by atoms with E-state index in [-0.39, 0.29) is 18.5 Å². The first-order valence-corrected chi connectivity index (χ1v) is 8.99. The van der Waals surface area contributed by atoms with Gasteiger partial charge in [0.15, 0.2) is 6.61 Å². The average molecular weight is 433 g/mol. The molecule has 5 nitrogen and oxygen atoms in total. The van der Waals surface area contributed by atoms with E-state index in [2.05, 4.69) is 15.9 Å². The molecule has 0 radical (unpaired) electrons. The second-order valence-electron chi connectivity index (χ2n) is 6.00. The number of aryl methyl sites for hydroxylation is 2. The number of halogens is 2. The van der Waals surface area contributed by atoms with E-state index < -0.39 is 24.3 Å². The van der Waals surface area contributed by atoms with Gasteiger partial charge in [-0.1, -0.05) is 6.07 Å². The van der Waals surface area contributed by atoms with Crippen LogP contribution in [0.15, 0.2) is 40.9 Å². The fourth-order valence-electron chi connectivity index (χ4n) is 2.60. The van der Waals surface area contributed by atoms with Crippen LogP contribution in [-0.4, -0.2) is 25.0 Å². The summed E-state index contributed by atoms with van der Waals surface area (Å²) in [7, 11) is 0. The molecule has 1 amide bonds. The first-order valence-electron chi connectivity index (χ1n) is 8.19. The average Bonchev–Trinajstić information content (AvgIpc) is 2.61. The Labute approximate surface area is 165 Å². The lowest BCUT2D eigenvalue weighted by molar-refractivity contribution is -0.121. The van der Waals surface area contributed by atoms with Crippen molar-refractivity contribution >= 4 is 33.5 Å². The van der Waals surface area contributed by atoms with E-state index in [0.29, 0.717) is 10.2 Å². The van der Waals surface area contributed by atoms with Crippen molar-refractivity contribution in [2.75, 3.05) is 18.1 Å². The lowest BCUT2D eigenvalue weighted by atomic mass is 10.1. The van der Waals surface area contributed by atoms with E-state index in [4.69, 9.17) is 10.00 Å². The van der Waals surface area contributed by atoms with Crippen LogP contribution in [0.2, 0.25) is 0 Å². The lowest BCUT2D eigenvalue weighted by Crippen LogP contribution is -2.35. The van der Waals surface area contributed by atoms with Gasteiger partial charge in [-0.3, -0.25) is 4.79 Å². The zero-order chi connectivity index (χ0) is 20.0. The van der Waals surface area contributed by atoms with Crippen molar-refractivity contribution in [3.63, 3.8) is 0 Å². The van der Waals surface area contributed by atoms with Crippen LogP contribution in [0.3, 0.4) is 0 Å². The van der Waals surface area contributed by atoms with Gasteiger partial charge in [-0.25, -0.2) is 9.18 Å². The van der Waals surface area contributed by atoms with E-state index >= 15 is 0 Å². The Balaban J connectivity index is 2.15. The number of anilines is 1. The molecule has 0 heterocycles. The summed E-state index contributed by atoms with van der Waals surface area (Å²) < 4.78 is 18.8. The highest BCUT2D eigenvalue weighted by Gasteiger charge is 2.20. The number of amides is 1. The van der Waals surface area contributed by atoms with E-state index in [0.717, 1.165) is 17.2 Å². The number of nitrogens with zero attached hydrogens (tertiary/aromatic N) is 2. The highest BCUT2D eigenvalue weighted by atomic mass is 79.9. The van der Waals surface area contributed by atoms with Gasteiger partial charge in [0.25, 0.3) is 5.91 Å². The Morgan fingerprint density at radius 1 is 1.19 bits per heavy atom. The maximum Gasteiger partial charge on any atom is 0.339 e. The van der Waals surface area contributed by atoms with E-state index in [1.54, 1.807) is 0 Å². The summed E-state index contributed by atoms with van der Waals surface area (Å²) in [6, 6.07) is 11.3. The standard InChI is InChI=1S/C20H18BrFN2O3/c1-13-8-14(2)10-16(9-13)24(7-3-6-23)19(25)12-27-20(26)17-11-15(22)4-5-18(17)21/h4-5,8-11H,3,7,12H2,1-2H3. The Kier molecular flexibility index (Phi) is 7.08. The molecule has 0 aromatic heterocycles. The SMILES string of the molecule is Cc1cc(C)cc(N(CCC#N)C(=O)COC(=O)c2cc(F)ccc2Br)c1. The van der Waals surface area contributed by atoms with E-state index in [1.165, 1.54) is 17.0 Å². The van der Waals surface area contributed by atoms with Crippen molar-refractivity contribution < 1.29 is 18.7 Å². The van der Waals surface area contributed by atoms with Crippen LogP contribution in [0.1, 0.15) is 27.9 Å². The summed E-state index contributed by atoms with van der Waals surface area (Å²) in [6.45, 7) is 3.48. The normalized spacial score (nSPS) is 10.2. The van der Waals surface area contributed by atoms with Gasteiger partial charge < -0.3 is 9.64 Å². The maximum atomic E-state index is 13.3. The van der Waals surface area contributed by atoms with E-state index in [1.807, 2.05) is 38.1 Å². The van der Waals surface area contributed by atoms with Crippen LogP contribution in [0.25, 0.3) is 0 Å². The molecule has 2 aromatic rings. The minimum absolute atomic E-state index is 0.00206. The third-order valence-corrected chi connectivity index (χ3v) is 4.43. The van der Waals surface area contributed by atoms with Crippen molar-refractivity contribution in [1.29, 1.82) is 5.26 Å². The van der Waals surface area contributed by atoms with Crippen LogP contribution in [0, 0.1) is 31.0 Å². The van der Waals surface area contributed by atoms with Crippen LogP contribution in [-0.2, 0) is 9.53 Å². The monoisotopic (exact) mass is 432 g/mol. The van der Waals surface area contributed by atoms with Crippen molar-refractivity contribution in [1.82, 2.24) is 0 Å². The second-order valence-corrected chi connectivity index (χ2v) is 6.85. The molecule has 0 aliphatic carbocycles. The fourth-order valence-corrected chi connectivity index (χ4v) is 3.01. The van der Waals surface area contributed by atoms with E-state index in [9.17, 15) is 14.0 Å². The van der Waals surface area contributed by atoms with Gasteiger partial charge in [-0.05, 0) is 71.2 Å². The van der Waals surface area contributed by atoms with Gasteiger partial charge >= 0.3 is 5.97 Å². The minimum atomic E-state index is -0.810. The molecule has 0 aliphatic rings. The van der Waals surface area contributed by atoms with Gasteiger partial charge in [-0.2, -0.15) is 5.26 Å². The molecule has 27 heavy (non-hydrogen) atoms. The summed E-state index contributed by atoms with van der Waals surface area (Å²) in [5.74, 6) is -1.85. The summed E-state index contributed by atoms with van der Waals surface area (Å²) in [5, 5.41) is 8.86. The quantitative estimate of drug-likeness (QED) is 0.637. The van der Waals surface area contributed by atoms with Crippen molar-refractivity contribution in [2.24, 2.45) is 0 Å². The van der Waals surface area contributed by atoms with Crippen LogP contribution >= 0.6 is 15.9 Å². The molecule has 0 N–H and O–H groups in total. The molecule has 7 heteroatoms. The Bertz CT molecular complexity index is 888. The zero-order valence-corrected chi connectivity index (χ0v) is 16.5. The fraction of sp³-hybridized carbons (Fsp3) is 0.250. The third kappa shape index (κ3) is 5.63. The number of carbonyl (C=O) groups is 2. The largest absolute Gasteiger partial charge is 0.452 e. The predicted octanol–water partition coefficient (Wildman–Crippen LogP) is 4.31. The van der Waals surface area contributed by atoms with Crippen LogP contribution < -0.4 is 4.90 Å². The summed E-state index contributed by atoms with van der Waals surface area (Å²) in [4.78, 5) is 26.2. The summed E-state index contributed by atoms with van der Waals surface area (Å²) in [6.07, 6.45) is 0.141. The second kappa shape index (κ2) is 9.28. The molecule has 0 saturated carbocycles. The van der Waals surface area contributed by atoms with Gasteiger partial charge in [0, 0.05) is 16.7 Å². The van der Waals surface area contributed by atoms with Crippen molar-refractivity contribution in [2.45, 2.75) is 20.3 Å². The molecular formula is C20H18BrFN2O3. The third-order valence-electron chi connectivity index (χ3n) is 3.74. The van der Waals surface area contributed by atoms with Crippen molar-refractivity contribution in [3.8, 4) is 6.07 Å². The number of ether oxygens (including phenoxy) is 1. The predicted molar refractivity (Wildman–Crippen MR) is 103 cm³/mol. The minimum Gasteiger partial charge on any atom is -0.452 e. The molecular weight excluding hydrogens is 415 g/mol. The molecule has 0 bridgehead atoms. The highest BCUT2D eigenvalue weighted by Crippen LogP contribution is 2.21. The maximum absolute atomic E-state index is 13.3. The number of esters is 1. The number of benzene rings is 2. The molecule has 2 aromatic carbocycles. The first-order chi connectivity index (χ1) is 12.8. The smallest absolute Gasteiger partial charge is 0.339 e. The number of hydrogen-bond acceptors (Lipinski definition) is 4. The van der Waals surface area contributed by atoms with Gasteiger partial charge in [-0.15, -0.1) is 0 Å². The van der Waals surface area contributed by atoms with Crippen LogP contribution in [0.5, 0.6) is 0 Å². The summed E-state index contributed by atoms with van der Waals surface area (Å²) >= 11 is 3.15. The Hall–Kier alpha value is -2.72. The zero-order valence-electron chi connectivity index (χ0n) is 15.0. The first kappa shape index (κ1) is 20.6. The number of carbonyl (C=O) groups excluding carboxylic acids is 2. The number of rotatable bonds is 6. The summed E-state index contributed by atoms with van der Waals surface area (Å²) in [5.41, 5.74) is 2.58. The Morgan fingerprint density at radius 2 is 1.85 bits per heavy atom. The van der Waals surface area contributed by atoms with Gasteiger partial charge in [0.05, 0.1) is 18.1 Å². The molecule has 0 fully saturated rings. The topological polar surface area (TPSA) is 70.4 Å².